The number of rotatable bonds is 7. The van der Waals surface area contributed by atoms with Crippen LogP contribution in [0.2, 0.25) is 5.02 Å². The lowest BCUT2D eigenvalue weighted by molar-refractivity contribution is -0.118. The van der Waals surface area contributed by atoms with Crippen LogP contribution in [0.4, 0.5) is 0 Å². The van der Waals surface area contributed by atoms with Gasteiger partial charge in [-0.1, -0.05) is 23.7 Å². The minimum Gasteiger partial charge on any atom is -0.489 e. The van der Waals surface area contributed by atoms with E-state index in [2.05, 4.69) is 10.5 Å². The Kier molecular flexibility index (Phi) is 6.67. The van der Waals surface area contributed by atoms with Gasteiger partial charge in [0.15, 0.2) is 0 Å². The van der Waals surface area contributed by atoms with Crippen LogP contribution in [0.5, 0.6) is 5.75 Å². The minimum atomic E-state index is -0.157. The van der Waals surface area contributed by atoms with E-state index in [1.165, 1.54) is 11.8 Å². The van der Waals surface area contributed by atoms with E-state index in [-0.39, 0.29) is 5.91 Å². The van der Waals surface area contributed by atoms with Crippen LogP contribution in [0.25, 0.3) is 0 Å². The van der Waals surface area contributed by atoms with Crippen molar-refractivity contribution in [2.75, 3.05) is 17.3 Å². The van der Waals surface area contributed by atoms with Crippen molar-refractivity contribution in [3.8, 4) is 5.75 Å². The maximum Gasteiger partial charge on any atom is 0.250 e. The summed E-state index contributed by atoms with van der Waals surface area (Å²) >= 11 is 9.15. The van der Waals surface area contributed by atoms with Crippen molar-refractivity contribution in [2.45, 2.75) is 11.0 Å². The first kappa shape index (κ1) is 18.2. The minimum absolute atomic E-state index is 0.157. The molecule has 0 aromatic heterocycles. The Morgan fingerprint density at radius 1 is 1.32 bits per heavy atom. The number of ether oxygens (including phenoxy) is 1. The molecule has 7 heteroatoms. The van der Waals surface area contributed by atoms with Crippen molar-refractivity contribution in [2.24, 2.45) is 5.10 Å². The monoisotopic (exact) mass is 392 g/mol. The lowest BCUT2D eigenvalue weighted by Crippen LogP contribution is -2.31. The number of carbonyl (C=O) groups is 1. The van der Waals surface area contributed by atoms with E-state index in [4.69, 9.17) is 16.3 Å². The third-order valence-corrected chi connectivity index (χ3v) is 5.83. The molecule has 1 N–H and O–H groups in total. The molecule has 0 atom stereocenters. The van der Waals surface area contributed by atoms with Crippen molar-refractivity contribution >= 4 is 47.2 Å². The predicted molar refractivity (Wildman–Crippen MR) is 106 cm³/mol. The summed E-state index contributed by atoms with van der Waals surface area (Å²) in [4.78, 5) is 12.8. The van der Waals surface area contributed by atoms with Crippen LogP contribution >= 0.6 is 35.1 Å². The first-order valence-electron chi connectivity index (χ1n) is 7.74. The number of nitrogens with zero attached hydrogens (tertiary/aromatic N) is 1. The second-order valence-electron chi connectivity index (χ2n) is 5.39. The van der Waals surface area contributed by atoms with Gasteiger partial charge in [0.2, 0.25) is 5.91 Å². The fourth-order valence-electron chi connectivity index (χ4n) is 2.03. The van der Waals surface area contributed by atoms with Crippen LogP contribution in [0.1, 0.15) is 5.56 Å². The van der Waals surface area contributed by atoms with Crippen molar-refractivity contribution in [3.63, 3.8) is 0 Å². The second-order valence-corrected chi connectivity index (χ2v) is 7.95. The molecule has 1 fully saturated rings. The molecule has 1 amide bonds. The van der Waals surface area contributed by atoms with Gasteiger partial charge in [0.25, 0.3) is 0 Å². The summed E-state index contributed by atoms with van der Waals surface area (Å²) in [5, 5.41) is 4.68. The van der Waals surface area contributed by atoms with Crippen LogP contribution in [0.3, 0.4) is 0 Å². The van der Waals surface area contributed by atoms with Gasteiger partial charge in [-0.15, -0.1) is 11.8 Å². The Bertz CT molecular complexity index is 749. The molecule has 1 saturated heterocycles. The number of benzene rings is 2. The van der Waals surface area contributed by atoms with E-state index in [1.54, 1.807) is 18.3 Å². The Hall–Kier alpha value is -1.63. The van der Waals surface area contributed by atoms with Crippen molar-refractivity contribution in [1.29, 1.82) is 0 Å². The van der Waals surface area contributed by atoms with Gasteiger partial charge in [-0.3, -0.25) is 4.79 Å². The molecule has 0 saturated carbocycles. The molecular formula is C18H17ClN2O2S2. The molecule has 4 nitrogen and oxygen atoms in total. The number of nitrogens with one attached hydrogen (secondary N) is 1. The summed E-state index contributed by atoms with van der Waals surface area (Å²) in [7, 11) is 0. The molecule has 0 aliphatic carbocycles. The highest BCUT2D eigenvalue weighted by Crippen LogP contribution is 2.24. The zero-order chi connectivity index (χ0) is 17.5. The summed E-state index contributed by atoms with van der Waals surface area (Å²) in [5.41, 5.74) is 3.42. The largest absolute Gasteiger partial charge is 0.489 e. The summed E-state index contributed by atoms with van der Waals surface area (Å²) in [6.45, 7) is 0. The summed E-state index contributed by atoms with van der Waals surface area (Å²) < 4.78 is 5.83. The molecule has 3 rings (SSSR count). The highest BCUT2D eigenvalue weighted by molar-refractivity contribution is 8.00. The maximum atomic E-state index is 11.8. The van der Waals surface area contributed by atoms with Gasteiger partial charge < -0.3 is 4.74 Å². The van der Waals surface area contributed by atoms with Gasteiger partial charge in [0, 0.05) is 21.4 Å². The van der Waals surface area contributed by atoms with Crippen molar-refractivity contribution in [1.82, 2.24) is 5.43 Å². The van der Waals surface area contributed by atoms with E-state index < -0.39 is 0 Å². The van der Waals surface area contributed by atoms with Gasteiger partial charge in [0.05, 0.1) is 12.0 Å². The molecule has 25 heavy (non-hydrogen) atoms. The van der Waals surface area contributed by atoms with Crippen LogP contribution in [-0.4, -0.2) is 35.5 Å². The molecule has 1 heterocycles. The third-order valence-electron chi connectivity index (χ3n) is 3.35. The topological polar surface area (TPSA) is 50.7 Å². The fourth-order valence-corrected chi connectivity index (χ4v) is 3.41. The zero-order valence-electron chi connectivity index (χ0n) is 13.4. The number of hydrogen-bond donors (Lipinski definition) is 1. The SMILES string of the molecule is O=C(CSc1ccc(Cl)cc1)NN=Cc1cccc(OC2CSC2)c1. The van der Waals surface area contributed by atoms with Crippen molar-refractivity contribution in [3.05, 3.63) is 59.1 Å². The standard InChI is InChI=1S/C18H17ClN2O2S2/c19-14-4-6-17(7-5-14)25-12-18(22)21-20-9-13-2-1-3-15(8-13)23-16-10-24-11-16/h1-9,16H,10-12H2,(H,21,22). The number of thioether (sulfide) groups is 2. The zero-order valence-corrected chi connectivity index (χ0v) is 15.7. The van der Waals surface area contributed by atoms with E-state index >= 15 is 0 Å². The lowest BCUT2D eigenvalue weighted by atomic mass is 10.2. The number of halogens is 1. The molecule has 1 aliphatic rings. The number of carbonyl (C=O) groups excluding carboxylic acids is 1. The van der Waals surface area contributed by atoms with Crippen LogP contribution < -0.4 is 10.2 Å². The van der Waals surface area contributed by atoms with E-state index in [9.17, 15) is 4.79 Å². The average molecular weight is 393 g/mol. The molecule has 0 radical (unpaired) electrons. The number of hydrazone groups is 1. The first-order valence-corrected chi connectivity index (χ1v) is 10.3. The van der Waals surface area contributed by atoms with E-state index in [0.717, 1.165) is 27.7 Å². The molecule has 0 spiro atoms. The predicted octanol–water partition coefficient (Wildman–Crippen LogP) is 4.08. The molecular weight excluding hydrogens is 376 g/mol. The fraction of sp³-hybridized carbons (Fsp3) is 0.222. The Morgan fingerprint density at radius 3 is 2.84 bits per heavy atom. The average Bonchev–Trinajstić information content (AvgIpc) is 2.58. The second kappa shape index (κ2) is 9.17. The van der Waals surface area contributed by atoms with Gasteiger partial charge in [0.1, 0.15) is 11.9 Å². The van der Waals surface area contributed by atoms with Gasteiger partial charge in [-0.05, 0) is 42.0 Å². The van der Waals surface area contributed by atoms with Crippen LogP contribution in [-0.2, 0) is 4.79 Å². The normalized spacial score (nSPS) is 14.3. The summed E-state index contributed by atoms with van der Waals surface area (Å²) in [5.74, 6) is 3.05. The molecule has 0 bridgehead atoms. The Labute approximate surface area is 160 Å². The molecule has 130 valence electrons. The van der Waals surface area contributed by atoms with Crippen molar-refractivity contribution < 1.29 is 9.53 Å². The number of amides is 1. The summed E-state index contributed by atoms with van der Waals surface area (Å²) in [6, 6.07) is 15.1. The number of hydrogen-bond acceptors (Lipinski definition) is 5. The first-order chi connectivity index (χ1) is 12.2. The maximum absolute atomic E-state index is 11.8. The van der Waals surface area contributed by atoms with E-state index in [0.29, 0.717) is 16.9 Å². The van der Waals surface area contributed by atoms with Gasteiger partial charge >= 0.3 is 0 Å². The summed E-state index contributed by atoms with van der Waals surface area (Å²) in [6.07, 6.45) is 1.93. The van der Waals surface area contributed by atoms with Crippen LogP contribution in [0.15, 0.2) is 58.5 Å². The van der Waals surface area contributed by atoms with E-state index in [1.807, 2.05) is 48.2 Å². The van der Waals surface area contributed by atoms with Gasteiger partial charge in [-0.25, -0.2) is 5.43 Å². The lowest BCUT2D eigenvalue weighted by Gasteiger charge is -2.25. The Morgan fingerprint density at radius 2 is 2.12 bits per heavy atom. The molecule has 1 aliphatic heterocycles. The Balaban J connectivity index is 1.44. The molecule has 0 unspecified atom stereocenters. The highest BCUT2D eigenvalue weighted by Gasteiger charge is 2.19. The quantitative estimate of drug-likeness (QED) is 0.438. The smallest absolute Gasteiger partial charge is 0.250 e. The highest BCUT2D eigenvalue weighted by atomic mass is 35.5. The molecule has 2 aromatic rings. The van der Waals surface area contributed by atoms with Crippen LogP contribution in [0, 0.1) is 0 Å². The van der Waals surface area contributed by atoms with Gasteiger partial charge in [-0.2, -0.15) is 16.9 Å². The third kappa shape index (κ3) is 5.99. The molecule has 2 aromatic carbocycles.